The molecule has 3 heterocycles. The third-order valence-corrected chi connectivity index (χ3v) is 6.19. The van der Waals surface area contributed by atoms with Gasteiger partial charge in [0.2, 0.25) is 18.6 Å². The number of piperidine rings is 1. The summed E-state index contributed by atoms with van der Waals surface area (Å²) in [5.74, 6) is 2.27. The Morgan fingerprint density at radius 1 is 1.00 bits per heavy atom. The van der Waals surface area contributed by atoms with Crippen LogP contribution in [0.2, 0.25) is 0 Å². The highest BCUT2D eigenvalue weighted by atomic mass is 32.2. The number of hydrogen-bond acceptors (Lipinski definition) is 7. The lowest BCUT2D eigenvalue weighted by Gasteiger charge is -2.27. The zero-order valence-corrected chi connectivity index (χ0v) is 17.8. The van der Waals surface area contributed by atoms with Crippen molar-refractivity contribution in [3.05, 3.63) is 48.5 Å². The van der Waals surface area contributed by atoms with E-state index in [1.807, 2.05) is 34.9 Å². The van der Waals surface area contributed by atoms with E-state index >= 15 is 0 Å². The average molecular weight is 438 g/mol. The van der Waals surface area contributed by atoms with Gasteiger partial charge in [0.1, 0.15) is 0 Å². The summed E-state index contributed by atoms with van der Waals surface area (Å²) in [6.07, 6.45) is 3.56. The molecule has 0 spiro atoms. The molecule has 1 saturated heterocycles. The fourth-order valence-electron chi connectivity index (χ4n) is 3.76. The number of hydrogen-bond donors (Lipinski definition) is 1. The first-order valence-corrected chi connectivity index (χ1v) is 11.3. The summed E-state index contributed by atoms with van der Waals surface area (Å²) in [6, 6.07) is 15.4. The lowest BCUT2D eigenvalue weighted by atomic mass is 10.1. The van der Waals surface area contributed by atoms with E-state index in [-0.39, 0.29) is 18.5 Å². The summed E-state index contributed by atoms with van der Waals surface area (Å²) in [6.45, 7) is 2.15. The monoisotopic (exact) mass is 437 g/mol. The molecule has 9 heteroatoms. The van der Waals surface area contributed by atoms with Crippen LogP contribution in [0.15, 0.2) is 53.7 Å². The zero-order valence-electron chi connectivity index (χ0n) is 17.0. The molecule has 0 bridgehead atoms. The van der Waals surface area contributed by atoms with E-state index in [9.17, 15) is 4.79 Å². The van der Waals surface area contributed by atoms with E-state index in [1.165, 1.54) is 18.2 Å². The molecule has 1 aromatic heterocycles. The smallest absolute Gasteiger partial charge is 0.234 e. The summed E-state index contributed by atoms with van der Waals surface area (Å²) in [5, 5.41) is 12.5. The van der Waals surface area contributed by atoms with Crippen LogP contribution in [0, 0.1) is 0 Å². The largest absolute Gasteiger partial charge is 0.454 e. The maximum absolute atomic E-state index is 12.6. The second-order valence-electron chi connectivity index (χ2n) is 7.41. The van der Waals surface area contributed by atoms with Gasteiger partial charge in [0.25, 0.3) is 0 Å². The molecule has 3 aromatic rings. The first-order chi connectivity index (χ1) is 15.3. The van der Waals surface area contributed by atoms with E-state index in [0.29, 0.717) is 22.3 Å². The Kier molecular flexibility index (Phi) is 5.66. The number of anilines is 2. The normalized spacial score (nSPS) is 15.2. The lowest BCUT2D eigenvalue weighted by molar-refractivity contribution is -0.113. The number of benzene rings is 2. The van der Waals surface area contributed by atoms with E-state index in [4.69, 9.17) is 9.47 Å². The van der Waals surface area contributed by atoms with Gasteiger partial charge in [-0.05, 0) is 43.5 Å². The van der Waals surface area contributed by atoms with Crippen LogP contribution in [0.4, 0.5) is 11.6 Å². The Balaban J connectivity index is 1.31. The zero-order chi connectivity index (χ0) is 21.0. The van der Waals surface area contributed by atoms with Gasteiger partial charge in [0, 0.05) is 24.8 Å². The highest BCUT2D eigenvalue weighted by molar-refractivity contribution is 7.99. The first-order valence-electron chi connectivity index (χ1n) is 10.4. The van der Waals surface area contributed by atoms with Crippen LogP contribution in [-0.2, 0) is 4.79 Å². The average Bonchev–Trinajstić information content (AvgIpc) is 3.45. The lowest BCUT2D eigenvalue weighted by Crippen LogP contribution is -2.31. The minimum atomic E-state index is -0.119. The first kappa shape index (κ1) is 19.7. The third-order valence-electron chi connectivity index (χ3n) is 5.26. The van der Waals surface area contributed by atoms with Crippen molar-refractivity contribution in [2.24, 2.45) is 0 Å². The number of carbonyl (C=O) groups is 1. The maximum Gasteiger partial charge on any atom is 0.234 e. The standard InChI is InChI=1S/C22H23N5O3S/c28-20(23-16-9-10-18-19(13-16)30-15-29-18)14-31-22-25-24-21(26-11-5-2-6-12-26)27(22)17-7-3-1-4-8-17/h1,3-4,7-10,13H,2,5-6,11-12,14-15H2,(H,23,28). The summed E-state index contributed by atoms with van der Waals surface area (Å²) in [7, 11) is 0. The summed E-state index contributed by atoms with van der Waals surface area (Å²) in [4.78, 5) is 14.8. The van der Waals surface area contributed by atoms with E-state index in [2.05, 4.69) is 20.4 Å². The third kappa shape index (κ3) is 4.32. The van der Waals surface area contributed by atoms with Gasteiger partial charge in [-0.3, -0.25) is 9.36 Å². The number of carbonyl (C=O) groups excluding carboxylic acids is 1. The Labute approximate surface area is 184 Å². The molecule has 0 aliphatic carbocycles. The van der Waals surface area contributed by atoms with Crippen molar-refractivity contribution in [2.45, 2.75) is 24.4 Å². The van der Waals surface area contributed by atoms with Crippen molar-refractivity contribution in [3.8, 4) is 17.2 Å². The van der Waals surface area contributed by atoms with Crippen LogP contribution in [0.1, 0.15) is 19.3 Å². The summed E-state index contributed by atoms with van der Waals surface area (Å²) >= 11 is 1.37. The van der Waals surface area contributed by atoms with E-state index in [1.54, 1.807) is 18.2 Å². The number of rotatable bonds is 6. The van der Waals surface area contributed by atoms with Crippen molar-refractivity contribution in [1.82, 2.24) is 14.8 Å². The molecule has 5 rings (SSSR count). The topological polar surface area (TPSA) is 81.5 Å². The van der Waals surface area contributed by atoms with Crippen LogP contribution in [0.25, 0.3) is 5.69 Å². The number of para-hydroxylation sites is 1. The minimum Gasteiger partial charge on any atom is -0.454 e. The molecule has 1 amide bonds. The number of aromatic nitrogens is 3. The van der Waals surface area contributed by atoms with Crippen LogP contribution in [-0.4, -0.2) is 46.3 Å². The van der Waals surface area contributed by atoms with E-state index < -0.39 is 0 Å². The predicted octanol–water partition coefficient (Wildman–Crippen LogP) is 3.72. The predicted molar refractivity (Wildman–Crippen MR) is 119 cm³/mol. The van der Waals surface area contributed by atoms with Crippen LogP contribution < -0.4 is 19.7 Å². The Morgan fingerprint density at radius 3 is 2.65 bits per heavy atom. The number of nitrogens with one attached hydrogen (secondary N) is 1. The summed E-state index contributed by atoms with van der Waals surface area (Å²) < 4.78 is 12.7. The summed E-state index contributed by atoms with van der Waals surface area (Å²) in [5.41, 5.74) is 1.67. The van der Waals surface area contributed by atoms with Gasteiger partial charge in [-0.1, -0.05) is 30.0 Å². The van der Waals surface area contributed by atoms with Crippen molar-refractivity contribution >= 4 is 29.3 Å². The molecular weight excluding hydrogens is 414 g/mol. The molecule has 2 aliphatic heterocycles. The molecule has 0 atom stereocenters. The number of nitrogens with zero attached hydrogens (tertiary/aromatic N) is 4. The molecule has 31 heavy (non-hydrogen) atoms. The van der Waals surface area contributed by atoms with Gasteiger partial charge < -0.3 is 19.7 Å². The van der Waals surface area contributed by atoms with Gasteiger partial charge in [-0.2, -0.15) is 0 Å². The maximum atomic E-state index is 12.6. The van der Waals surface area contributed by atoms with Crippen LogP contribution >= 0.6 is 11.8 Å². The van der Waals surface area contributed by atoms with Gasteiger partial charge in [0.05, 0.1) is 11.4 Å². The second kappa shape index (κ2) is 8.89. The Morgan fingerprint density at radius 2 is 1.81 bits per heavy atom. The molecule has 0 saturated carbocycles. The Hall–Kier alpha value is -3.20. The highest BCUT2D eigenvalue weighted by Gasteiger charge is 2.22. The quantitative estimate of drug-likeness (QED) is 0.589. The minimum absolute atomic E-state index is 0.119. The molecule has 0 unspecified atom stereocenters. The molecule has 8 nitrogen and oxygen atoms in total. The molecule has 2 aliphatic rings. The molecule has 160 valence electrons. The van der Waals surface area contributed by atoms with Crippen LogP contribution in [0.5, 0.6) is 11.5 Å². The van der Waals surface area contributed by atoms with Gasteiger partial charge in [-0.25, -0.2) is 0 Å². The van der Waals surface area contributed by atoms with Crippen molar-refractivity contribution in [1.29, 1.82) is 0 Å². The number of thioether (sulfide) groups is 1. The van der Waals surface area contributed by atoms with E-state index in [0.717, 1.165) is 37.6 Å². The molecule has 2 aromatic carbocycles. The van der Waals surface area contributed by atoms with Crippen molar-refractivity contribution in [3.63, 3.8) is 0 Å². The molecule has 0 radical (unpaired) electrons. The molecule has 1 N–H and O–H groups in total. The molecular formula is C22H23N5O3S. The highest BCUT2D eigenvalue weighted by Crippen LogP contribution is 2.34. The van der Waals surface area contributed by atoms with Crippen molar-refractivity contribution in [2.75, 3.05) is 35.9 Å². The second-order valence-corrected chi connectivity index (χ2v) is 8.35. The fourth-order valence-corrected chi connectivity index (χ4v) is 4.51. The van der Waals surface area contributed by atoms with Gasteiger partial charge in [-0.15, -0.1) is 10.2 Å². The molecule has 1 fully saturated rings. The van der Waals surface area contributed by atoms with Gasteiger partial charge >= 0.3 is 0 Å². The van der Waals surface area contributed by atoms with Gasteiger partial charge in [0.15, 0.2) is 16.7 Å². The van der Waals surface area contributed by atoms with Crippen LogP contribution in [0.3, 0.4) is 0 Å². The fraction of sp³-hybridized carbons (Fsp3) is 0.318. The SMILES string of the molecule is O=C(CSc1nnc(N2CCCCC2)n1-c1ccccc1)Nc1ccc2c(c1)OCO2. The number of amides is 1. The Bertz CT molecular complexity index is 1070. The van der Waals surface area contributed by atoms with Crippen molar-refractivity contribution < 1.29 is 14.3 Å². The number of ether oxygens (including phenoxy) is 2. The number of fused-ring (bicyclic) bond motifs is 1.